The zero-order valence-electron chi connectivity index (χ0n) is 12.1. The maximum atomic E-state index is 12.1. The highest BCUT2D eigenvalue weighted by atomic mass is 16.5. The molecule has 6 heteroatoms. The quantitative estimate of drug-likeness (QED) is 0.760. The third-order valence-electron chi connectivity index (χ3n) is 3.70. The van der Waals surface area contributed by atoms with Crippen LogP contribution in [-0.2, 0) is 16.0 Å². The van der Waals surface area contributed by atoms with Crippen molar-refractivity contribution < 1.29 is 9.53 Å². The number of rotatable bonds is 7. The molecule has 1 atom stereocenters. The van der Waals surface area contributed by atoms with E-state index in [9.17, 15) is 4.79 Å². The van der Waals surface area contributed by atoms with Gasteiger partial charge in [0, 0.05) is 45.6 Å². The standard InChI is InChI=1S/C14H24N4O2/c1-20-10-9-18-8-2-3-12(11-18)14(19)17-5-4-13-15-6-7-16-13/h6-7,12H,2-5,8-11H2,1H3,(H,15,16)(H,17,19). The molecule has 1 unspecified atom stereocenters. The molecule has 2 heterocycles. The average Bonchev–Trinajstić information content (AvgIpc) is 2.98. The van der Waals surface area contributed by atoms with Crippen LogP contribution in [0.5, 0.6) is 0 Å². The summed E-state index contributed by atoms with van der Waals surface area (Å²) in [5, 5.41) is 3.01. The second kappa shape index (κ2) is 8.01. The first-order valence-corrected chi connectivity index (χ1v) is 7.27. The fourth-order valence-corrected chi connectivity index (χ4v) is 2.58. The van der Waals surface area contributed by atoms with Crippen molar-refractivity contribution in [1.82, 2.24) is 20.2 Å². The van der Waals surface area contributed by atoms with Crippen molar-refractivity contribution in [3.8, 4) is 0 Å². The maximum absolute atomic E-state index is 12.1. The number of carbonyl (C=O) groups is 1. The molecule has 0 saturated carbocycles. The molecule has 20 heavy (non-hydrogen) atoms. The van der Waals surface area contributed by atoms with Gasteiger partial charge in [-0.2, -0.15) is 0 Å². The van der Waals surface area contributed by atoms with Gasteiger partial charge in [0.1, 0.15) is 5.82 Å². The third kappa shape index (κ3) is 4.61. The van der Waals surface area contributed by atoms with Crippen molar-refractivity contribution in [3.05, 3.63) is 18.2 Å². The number of ether oxygens (including phenoxy) is 1. The maximum Gasteiger partial charge on any atom is 0.224 e. The molecule has 0 bridgehead atoms. The Hall–Kier alpha value is -1.40. The van der Waals surface area contributed by atoms with E-state index in [0.29, 0.717) is 6.54 Å². The lowest BCUT2D eigenvalue weighted by atomic mass is 9.97. The molecule has 112 valence electrons. The minimum absolute atomic E-state index is 0.109. The zero-order chi connectivity index (χ0) is 14.2. The number of amides is 1. The Bertz CT molecular complexity index is 394. The van der Waals surface area contributed by atoms with Crippen LogP contribution in [0.3, 0.4) is 0 Å². The molecule has 2 N–H and O–H groups in total. The molecule has 2 rings (SSSR count). The van der Waals surface area contributed by atoms with Gasteiger partial charge in [-0.25, -0.2) is 4.98 Å². The van der Waals surface area contributed by atoms with Crippen LogP contribution < -0.4 is 5.32 Å². The molecule has 1 aromatic heterocycles. The van der Waals surface area contributed by atoms with Gasteiger partial charge < -0.3 is 19.9 Å². The fourth-order valence-electron chi connectivity index (χ4n) is 2.58. The van der Waals surface area contributed by atoms with Gasteiger partial charge in [0.05, 0.1) is 12.5 Å². The largest absolute Gasteiger partial charge is 0.383 e. The van der Waals surface area contributed by atoms with Crippen LogP contribution in [0, 0.1) is 5.92 Å². The molecule has 6 nitrogen and oxygen atoms in total. The third-order valence-corrected chi connectivity index (χ3v) is 3.70. The highest BCUT2D eigenvalue weighted by molar-refractivity contribution is 5.78. The van der Waals surface area contributed by atoms with Gasteiger partial charge in [-0.15, -0.1) is 0 Å². The van der Waals surface area contributed by atoms with E-state index in [1.807, 2.05) is 0 Å². The fraction of sp³-hybridized carbons (Fsp3) is 0.714. The van der Waals surface area contributed by atoms with Crippen molar-refractivity contribution >= 4 is 5.91 Å². The molecule has 1 aliphatic heterocycles. The molecular formula is C14H24N4O2. The van der Waals surface area contributed by atoms with Crippen LogP contribution in [0.2, 0.25) is 0 Å². The summed E-state index contributed by atoms with van der Waals surface area (Å²) in [4.78, 5) is 21.6. The van der Waals surface area contributed by atoms with Gasteiger partial charge in [-0.05, 0) is 19.4 Å². The Balaban J connectivity index is 1.68. The van der Waals surface area contributed by atoms with E-state index < -0.39 is 0 Å². The lowest BCUT2D eigenvalue weighted by molar-refractivity contribution is -0.126. The van der Waals surface area contributed by atoms with E-state index in [1.165, 1.54) is 0 Å². The van der Waals surface area contributed by atoms with E-state index in [1.54, 1.807) is 19.5 Å². The van der Waals surface area contributed by atoms with Crippen molar-refractivity contribution in [2.24, 2.45) is 5.92 Å². The Morgan fingerprint density at radius 3 is 3.30 bits per heavy atom. The second-order valence-corrected chi connectivity index (χ2v) is 5.21. The molecular weight excluding hydrogens is 256 g/mol. The van der Waals surface area contributed by atoms with Gasteiger partial charge in [0.25, 0.3) is 0 Å². The number of hydrogen-bond acceptors (Lipinski definition) is 4. The summed E-state index contributed by atoms with van der Waals surface area (Å²) in [5.41, 5.74) is 0. The minimum Gasteiger partial charge on any atom is -0.383 e. The average molecular weight is 280 g/mol. The summed E-state index contributed by atoms with van der Waals surface area (Å²) in [6.45, 7) is 4.19. The molecule has 0 aliphatic carbocycles. The summed E-state index contributed by atoms with van der Waals surface area (Å²) in [6.07, 6.45) is 6.34. The monoisotopic (exact) mass is 280 g/mol. The van der Waals surface area contributed by atoms with Crippen LogP contribution in [0.4, 0.5) is 0 Å². The highest BCUT2D eigenvalue weighted by Gasteiger charge is 2.25. The predicted molar refractivity (Wildman–Crippen MR) is 76.3 cm³/mol. The lowest BCUT2D eigenvalue weighted by Gasteiger charge is -2.31. The lowest BCUT2D eigenvalue weighted by Crippen LogP contribution is -2.44. The van der Waals surface area contributed by atoms with E-state index in [4.69, 9.17) is 4.74 Å². The van der Waals surface area contributed by atoms with Crippen molar-refractivity contribution in [3.63, 3.8) is 0 Å². The van der Waals surface area contributed by atoms with Crippen LogP contribution in [-0.4, -0.2) is 60.7 Å². The number of nitrogens with one attached hydrogen (secondary N) is 2. The number of hydrogen-bond donors (Lipinski definition) is 2. The van der Waals surface area contributed by atoms with E-state index >= 15 is 0 Å². The number of aromatic nitrogens is 2. The molecule has 1 amide bonds. The first-order chi connectivity index (χ1) is 9.79. The number of nitrogens with zero attached hydrogens (tertiary/aromatic N) is 2. The van der Waals surface area contributed by atoms with Gasteiger partial charge in [0.2, 0.25) is 5.91 Å². The Kier molecular flexibility index (Phi) is 6.01. The smallest absolute Gasteiger partial charge is 0.224 e. The summed E-state index contributed by atoms with van der Waals surface area (Å²) >= 11 is 0. The number of aromatic amines is 1. The van der Waals surface area contributed by atoms with Crippen LogP contribution in [0.15, 0.2) is 12.4 Å². The number of methoxy groups -OCH3 is 1. The molecule has 1 fully saturated rings. The summed E-state index contributed by atoms with van der Waals surface area (Å²) < 4.78 is 5.09. The molecule has 1 aromatic rings. The normalized spacial score (nSPS) is 19.9. The molecule has 1 aliphatic rings. The molecule has 0 spiro atoms. The van der Waals surface area contributed by atoms with Gasteiger partial charge in [-0.1, -0.05) is 0 Å². The van der Waals surface area contributed by atoms with Crippen molar-refractivity contribution in [2.45, 2.75) is 19.3 Å². The highest BCUT2D eigenvalue weighted by Crippen LogP contribution is 2.16. The number of H-pyrrole nitrogens is 1. The Labute approximate surface area is 119 Å². The number of carbonyl (C=O) groups excluding carboxylic acids is 1. The molecule has 0 aromatic carbocycles. The summed E-state index contributed by atoms with van der Waals surface area (Å²) in [7, 11) is 1.71. The summed E-state index contributed by atoms with van der Waals surface area (Å²) in [6, 6.07) is 0. The number of likely N-dealkylation sites (tertiary alicyclic amines) is 1. The summed E-state index contributed by atoms with van der Waals surface area (Å²) in [5.74, 6) is 1.19. The van der Waals surface area contributed by atoms with Crippen LogP contribution in [0.25, 0.3) is 0 Å². The second-order valence-electron chi connectivity index (χ2n) is 5.21. The first kappa shape index (κ1) is 15.0. The molecule has 0 radical (unpaired) electrons. The van der Waals surface area contributed by atoms with Gasteiger partial charge in [0.15, 0.2) is 0 Å². The van der Waals surface area contributed by atoms with Gasteiger partial charge >= 0.3 is 0 Å². The molecule has 1 saturated heterocycles. The van der Waals surface area contributed by atoms with E-state index in [2.05, 4.69) is 20.2 Å². The van der Waals surface area contributed by atoms with Crippen molar-refractivity contribution in [2.75, 3.05) is 39.9 Å². The number of imidazole rings is 1. The number of piperidine rings is 1. The van der Waals surface area contributed by atoms with E-state index in [-0.39, 0.29) is 11.8 Å². The predicted octanol–water partition coefficient (Wildman–Crippen LogP) is 0.427. The van der Waals surface area contributed by atoms with Crippen LogP contribution in [0.1, 0.15) is 18.7 Å². The van der Waals surface area contributed by atoms with E-state index in [0.717, 1.165) is 51.3 Å². The van der Waals surface area contributed by atoms with Crippen LogP contribution >= 0.6 is 0 Å². The Morgan fingerprint density at radius 1 is 1.65 bits per heavy atom. The minimum atomic E-state index is 0.109. The SMILES string of the molecule is COCCN1CCCC(C(=O)NCCc2ncc[nH]2)C1. The topological polar surface area (TPSA) is 70.2 Å². The first-order valence-electron chi connectivity index (χ1n) is 7.27. The van der Waals surface area contributed by atoms with Crippen molar-refractivity contribution in [1.29, 1.82) is 0 Å². The zero-order valence-corrected chi connectivity index (χ0v) is 12.1. The van der Waals surface area contributed by atoms with Gasteiger partial charge in [-0.3, -0.25) is 4.79 Å². The Morgan fingerprint density at radius 2 is 2.55 bits per heavy atom.